The van der Waals surface area contributed by atoms with Crippen molar-refractivity contribution in [2.24, 2.45) is 10.2 Å². The molecule has 2 aromatic carbocycles. The Morgan fingerprint density at radius 3 is 2.52 bits per heavy atom. The lowest BCUT2D eigenvalue weighted by atomic mass is 10.2. The minimum absolute atomic E-state index is 0.213. The Labute approximate surface area is 194 Å². The van der Waals surface area contributed by atoms with Gasteiger partial charge in [0.1, 0.15) is 11.6 Å². The van der Waals surface area contributed by atoms with Gasteiger partial charge in [0.15, 0.2) is 16.7 Å². The van der Waals surface area contributed by atoms with Gasteiger partial charge in [0.2, 0.25) is 0 Å². The van der Waals surface area contributed by atoms with Gasteiger partial charge in [0, 0.05) is 0 Å². The largest absolute Gasteiger partial charge is 0.493 e. The molecule has 0 bridgehead atoms. The highest BCUT2D eigenvalue weighted by atomic mass is 32.2. The average molecular weight is 466 g/mol. The fraction of sp³-hybridized carbons (Fsp3) is 0.125. The van der Waals surface area contributed by atoms with E-state index in [1.165, 1.54) is 28.8 Å². The Bertz CT molecular complexity index is 1220. The molecule has 4 rings (SSSR count). The van der Waals surface area contributed by atoms with E-state index < -0.39 is 0 Å². The molecular weight excluding hydrogens is 445 g/mol. The van der Waals surface area contributed by atoms with Gasteiger partial charge in [-0.05, 0) is 71.4 Å². The summed E-state index contributed by atoms with van der Waals surface area (Å²) in [5.74, 6) is 1.22. The number of thioether (sulfide) groups is 1. The third-order valence-electron chi connectivity index (χ3n) is 4.71. The molecule has 1 amide bonds. The van der Waals surface area contributed by atoms with Gasteiger partial charge >= 0.3 is 0 Å². The van der Waals surface area contributed by atoms with Gasteiger partial charge in [-0.15, -0.1) is 5.10 Å². The molecule has 1 saturated heterocycles. The Morgan fingerprint density at radius 1 is 1.06 bits per heavy atom. The number of rotatable bonds is 7. The van der Waals surface area contributed by atoms with Gasteiger partial charge < -0.3 is 13.9 Å². The summed E-state index contributed by atoms with van der Waals surface area (Å²) in [5, 5.41) is 8.84. The van der Waals surface area contributed by atoms with E-state index in [2.05, 4.69) is 10.2 Å². The standard InChI is InChI=1S/C24H20FN3O4S/c1-30-20-10-7-17(12-21(20)31-2)14-26-27-24-28(15-19-4-3-11-32-19)23(29)22(33-24)13-16-5-8-18(25)9-6-16/h3-14H,15H2,1-2H3/b22-13-,26-14+,27-24-. The van der Waals surface area contributed by atoms with Crippen molar-refractivity contribution in [2.45, 2.75) is 6.54 Å². The highest BCUT2D eigenvalue weighted by molar-refractivity contribution is 8.18. The molecule has 168 valence electrons. The van der Waals surface area contributed by atoms with Crippen molar-refractivity contribution in [2.75, 3.05) is 14.2 Å². The number of furan rings is 1. The first-order valence-corrected chi connectivity index (χ1v) is 10.7. The monoisotopic (exact) mass is 465 g/mol. The number of carbonyl (C=O) groups excluding carboxylic acids is 1. The zero-order valence-electron chi connectivity index (χ0n) is 17.9. The van der Waals surface area contributed by atoms with Crippen molar-refractivity contribution in [3.63, 3.8) is 0 Å². The molecule has 7 nitrogen and oxygen atoms in total. The summed E-state index contributed by atoms with van der Waals surface area (Å²) in [4.78, 5) is 15.0. The van der Waals surface area contributed by atoms with Crippen LogP contribution in [0.15, 0.2) is 80.4 Å². The second kappa shape index (κ2) is 10.2. The molecule has 0 radical (unpaired) electrons. The molecule has 0 spiro atoms. The predicted octanol–water partition coefficient (Wildman–Crippen LogP) is 4.94. The molecule has 1 fully saturated rings. The molecule has 1 aromatic heterocycles. The smallest absolute Gasteiger partial charge is 0.267 e. The van der Waals surface area contributed by atoms with Crippen LogP contribution in [0.25, 0.3) is 6.08 Å². The van der Waals surface area contributed by atoms with Crippen LogP contribution in [0.3, 0.4) is 0 Å². The first-order valence-electron chi connectivity index (χ1n) is 9.90. The van der Waals surface area contributed by atoms with Crippen LogP contribution in [0, 0.1) is 5.82 Å². The van der Waals surface area contributed by atoms with Gasteiger partial charge in [0.25, 0.3) is 5.91 Å². The number of nitrogens with zero attached hydrogens (tertiary/aromatic N) is 3. The summed E-state index contributed by atoms with van der Waals surface area (Å²) in [5.41, 5.74) is 1.46. The number of halogens is 1. The number of carbonyl (C=O) groups is 1. The molecule has 1 aliphatic rings. The maximum atomic E-state index is 13.2. The van der Waals surface area contributed by atoms with E-state index in [1.54, 1.807) is 69.2 Å². The molecule has 3 aromatic rings. The van der Waals surface area contributed by atoms with Gasteiger partial charge in [-0.25, -0.2) is 4.39 Å². The fourth-order valence-corrected chi connectivity index (χ4v) is 4.00. The first-order chi connectivity index (χ1) is 16.1. The second-order valence-electron chi connectivity index (χ2n) is 6.87. The molecule has 0 saturated carbocycles. The van der Waals surface area contributed by atoms with E-state index in [-0.39, 0.29) is 18.3 Å². The number of ether oxygens (including phenoxy) is 2. The highest BCUT2D eigenvalue weighted by Crippen LogP contribution is 2.34. The third-order valence-corrected chi connectivity index (χ3v) is 5.70. The third kappa shape index (κ3) is 5.32. The summed E-state index contributed by atoms with van der Waals surface area (Å²) in [7, 11) is 3.12. The minimum atomic E-state index is -0.339. The lowest BCUT2D eigenvalue weighted by Gasteiger charge is -2.12. The average Bonchev–Trinajstić information content (AvgIpc) is 3.44. The van der Waals surface area contributed by atoms with Crippen molar-refractivity contribution in [1.29, 1.82) is 0 Å². The topological polar surface area (TPSA) is 76.6 Å². The van der Waals surface area contributed by atoms with Crippen molar-refractivity contribution < 1.29 is 23.1 Å². The molecular formula is C24H20FN3O4S. The van der Waals surface area contributed by atoms with Crippen molar-refractivity contribution in [3.05, 3.63) is 88.5 Å². The molecule has 0 aliphatic carbocycles. The van der Waals surface area contributed by atoms with Crippen LogP contribution in [0.5, 0.6) is 11.5 Å². The van der Waals surface area contributed by atoms with Crippen molar-refractivity contribution in [3.8, 4) is 11.5 Å². The van der Waals surface area contributed by atoms with E-state index in [4.69, 9.17) is 13.9 Å². The Balaban J connectivity index is 1.60. The molecule has 0 unspecified atom stereocenters. The summed E-state index contributed by atoms with van der Waals surface area (Å²) in [6.45, 7) is 0.213. The maximum absolute atomic E-state index is 13.2. The molecule has 1 aliphatic heterocycles. The van der Waals surface area contributed by atoms with Crippen LogP contribution < -0.4 is 9.47 Å². The van der Waals surface area contributed by atoms with Crippen LogP contribution >= 0.6 is 11.8 Å². The molecule has 0 atom stereocenters. The number of hydrogen-bond acceptors (Lipinski definition) is 7. The van der Waals surface area contributed by atoms with Crippen LogP contribution in [0.2, 0.25) is 0 Å². The lowest BCUT2D eigenvalue weighted by Crippen LogP contribution is -2.28. The lowest BCUT2D eigenvalue weighted by molar-refractivity contribution is -0.122. The SMILES string of the molecule is COc1ccc(/C=N/N=C2\S/C(=C\c3ccc(F)cc3)C(=O)N2Cc2ccco2)cc1OC. The Hall–Kier alpha value is -3.85. The number of amidine groups is 1. The van der Waals surface area contributed by atoms with E-state index in [9.17, 15) is 9.18 Å². The van der Waals surface area contributed by atoms with Gasteiger partial charge in [-0.1, -0.05) is 12.1 Å². The van der Waals surface area contributed by atoms with Crippen molar-refractivity contribution >= 4 is 35.1 Å². The Morgan fingerprint density at radius 2 is 1.82 bits per heavy atom. The minimum Gasteiger partial charge on any atom is -0.493 e. The molecule has 9 heteroatoms. The quantitative estimate of drug-likeness (QED) is 0.281. The van der Waals surface area contributed by atoms with E-state index in [0.29, 0.717) is 32.9 Å². The zero-order valence-corrected chi connectivity index (χ0v) is 18.7. The number of benzene rings is 2. The number of methoxy groups -OCH3 is 2. The highest BCUT2D eigenvalue weighted by Gasteiger charge is 2.34. The number of amides is 1. The fourth-order valence-electron chi connectivity index (χ4n) is 3.07. The van der Waals surface area contributed by atoms with Crippen LogP contribution in [-0.2, 0) is 11.3 Å². The molecule has 2 heterocycles. The van der Waals surface area contributed by atoms with Gasteiger partial charge in [-0.3, -0.25) is 9.69 Å². The van der Waals surface area contributed by atoms with Crippen molar-refractivity contribution in [1.82, 2.24) is 4.90 Å². The Kier molecular flexibility index (Phi) is 6.89. The van der Waals surface area contributed by atoms with Gasteiger partial charge in [-0.2, -0.15) is 5.10 Å². The second-order valence-corrected chi connectivity index (χ2v) is 7.88. The molecule has 33 heavy (non-hydrogen) atoms. The van der Waals surface area contributed by atoms with Crippen LogP contribution in [-0.4, -0.2) is 36.4 Å². The summed E-state index contributed by atoms with van der Waals surface area (Å²) in [6, 6.07) is 14.8. The summed E-state index contributed by atoms with van der Waals surface area (Å²) in [6.07, 6.45) is 4.80. The zero-order chi connectivity index (χ0) is 23.2. The van der Waals surface area contributed by atoms with E-state index in [1.807, 2.05) is 6.07 Å². The summed E-state index contributed by atoms with van der Waals surface area (Å²) < 4.78 is 29.2. The van der Waals surface area contributed by atoms with Crippen LogP contribution in [0.4, 0.5) is 4.39 Å². The normalized spacial score (nSPS) is 16.3. The number of hydrogen-bond donors (Lipinski definition) is 0. The first kappa shape index (κ1) is 22.3. The maximum Gasteiger partial charge on any atom is 0.267 e. The summed E-state index contributed by atoms with van der Waals surface area (Å²) >= 11 is 1.19. The predicted molar refractivity (Wildman–Crippen MR) is 126 cm³/mol. The van der Waals surface area contributed by atoms with Gasteiger partial charge in [0.05, 0.1) is 38.1 Å². The van der Waals surface area contributed by atoms with E-state index in [0.717, 1.165) is 5.56 Å². The molecule has 0 N–H and O–H groups in total. The van der Waals surface area contributed by atoms with E-state index >= 15 is 0 Å². The van der Waals surface area contributed by atoms with Crippen LogP contribution in [0.1, 0.15) is 16.9 Å².